The zero-order valence-corrected chi connectivity index (χ0v) is 10.7. The molecule has 3 unspecified atom stereocenters. The van der Waals surface area contributed by atoms with Crippen LogP contribution in [0.3, 0.4) is 0 Å². The fraction of sp³-hybridized carbons (Fsp3) is 0.500. The summed E-state index contributed by atoms with van der Waals surface area (Å²) in [5.74, 6) is -0.0637. The predicted octanol–water partition coefficient (Wildman–Crippen LogP) is 2.10. The van der Waals surface area contributed by atoms with Gasteiger partial charge in [-0.25, -0.2) is 0 Å². The van der Waals surface area contributed by atoms with Crippen molar-refractivity contribution in [3.05, 3.63) is 29.8 Å². The summed E-state index contributed by atoms with van der Waals surface area (Å²) in [5.41, 5.74) is 1.59. The van der Waals surface area contributed by atoms with Crippen molar-refractivity contribution in [1.82, 2.24) is 0 Å². The van der Waals surface area contributed by atoms with Crippen LogP contribution in [0.1, 0.15) is 31.9 Å². The largest absolute Gasteiger partial charge is 0.389 e. The third-order valence-corrected chi connectivity index (χ3v) is 3.37. The number of hydrogen-bond acceptors (Lipinski definition) is 3. The molecule has 1 aliphatic rings. The summed E-state index contributed by atoms with van der Waals surface area (Å²) in [7, 11) is 0. The lowest BCUT2D eigenvalue weighted by atomic mass is 10.0. The van der Waals surface area contributed by atoms with Crippen LogP contribution in [0.25, 0.3) is 0 Å². The summed E-state index contributed by atoms with van der Waals surface area (Å²) in [6.07, 6.45) is 0.276. The number of nitrogens with one attached hydrogen (secondary N) is 1. The minimum atomic E-state index is -0.488. The summed E-state index contributed by atoms with van der Waals surface area (Å²) >= 11 is 0. The zero-order valence-electron chi connectivity index (χ0n) is 10.7. The zero-order chi connectivity index (χ0) is 13.1. The van der Waals surface area contributed by atoms with Crippen LogP contribution in [-0.2, 0) is 9.53 Å². The maximum Gasteiger partial charge on any atom is 0.230 e. The van der Waals surface area contributed by atoms with E-state index in [4.69, 9.17) is 4.74 Å². The fourth-order valence-electron chi connectivity index (χ4n) is 2.16. The third kappa shape index (κ3) is 2.89. The molecule has 98 valence electrons. The number of carbonyl (C=O) groups is 1. The molecule has 2 N–H and O–H groups in total. The van der Waals surface area contributed by atoms with Gasteiger partial charge in [0.05, 0.1) is 18.1 Å². The molecule has 0 spiro atoms. The summed E-state index contributed by atoms with van der Waals surface area (Å²) in [6.45, 7) is 4.29. The van der Waals surface area contributed by atoms with E-state index >= 15 is 0 Å². The van der Waals surface area contributed by atoms with Gasteiger partial charge >= 0.3 is 0 Å². The highest BCUT2D eigenvalue weighted by Gasteiger charge is 2.30. The second-order valence-electron chi connectivity index (χ2n) is 4.76. The minimum Gasteiger partial charge on any atom is -0.389 e. The Bertz CT molecular complexity index is 414. The molecule has 4 heteroatoms. The maximum atomic E-state index is 12.0. The van der Waals surface area contributed by atoms with Gasteiger partial charge in [0, 0.05) is 12.3 Å². The van der Waals surface area contributed by atoms with Gasteiger partial charge in [-0.3, -0.25) is 4.79 Å². The van der Waals surface area contributed by atoms with Crippen molar-refractivity contribution < 1.29 is 14.6 Å². The van der Waals surface area contributed by atoms with E-state index in [0.717, 1.165) is 17.7 Å². The van der Waals surface area contributed by atoms with Crippen molar-refractivity contribution in [3.8, 4) is 0 Å². The summed E-state index contributed by atoms with van der Waals surface area (Å²) in [4.78, 5) is 12.0. The van der Waals surface area contributed by atoms with Gasteiger partial charge in [-0.05, 0) is 38.0 Å². The van der Waals surface area contributed by atoms with Gasteiger partial charge in [0.25, 0.3) is 0 Å². The first-order valence-corrected chi connectivity index (χ1v) is 6.28. The first-order chi connectivity index (χ1) is 8.58. The smallest absolute Gasteiger partial charge is 0.230 e. The SMILES string of the molecule is CC(O)c1ccc(NC(=O)C2CCOC2C)cc1. The molecule has 1 aromatic rings. The van der Waals surface area contributed by atoms with E-state index in [2.05, 4.69) is 5.32 Å². The van der Waals surface area contributed by atoms with Crippen molar-refractivity contribution in [2.45, 2.75) is 32.5 Å². The second kappa shape index (κ2) is 5.50. The summed E-state index contributed by atoms with van der Waals surface area (Å²) in [5, 5.41) is 12.3. The second-order valence-corrected chi connectivity index (χ2v) is 4.76. The Morgan fingerprint density at radius 2 is 2.11 bits per heavy atom. The molecule has 3 atom stereocenters. The number of amides is 1. The van der Waals surface area contributed by atoms with E-state index in [9.17, 15) is 9.90 Å². The molecule has 1 aliphatic heterocycles. The highest BCUT2D eigenvalue weighted by atomic mass is 16.5. The Labute approximate surface area is 107 Å². The standard InChI is InChI=1S/C14H19NO3/c1-9(16)11-3-5-12(6-4-11)15-14(17)13-7-8-18-10(13)2/h3-6,9-10,13,16H,7-8H2,1-2H3,(H,15,17). The number of benzene rings is 1. The van der Waals surface area contributed by atoms with Crippen LogP contribution >= 0.6 is 0 Å². The molecule has 0 aromatic heterocycles. The van der Waals surface area contributed by atoms with Crippen molar-refractivity contribution in [3.63, 3.8) is 0 Å². The molecule has 1 aromatic carbocycles. The molecule has 0 aliphatic carbocycles. The van der Waals surface area contributed by atoms with Crippen LogP contribution in [0.15, 0.2) is 24.3 Å². The molecule has 18 heavy (non-hydrogen) atoms. The van der Waals surface area contributed by atoms with Crippen LogP contribution in [0.4, 0.5) is 5.69 Å². The molecule has 1 saturated heterocycles. The van der Waals surface area contributed by atoms with Gasteiger partial charge in [-0.15, -0.1) is 0 Å². The van der Waals surface area contributed by atoms with Gasteiger partial charge in [-0.1, -0.05) is 12.1 Å². The van der Waals surface area contributed by atoms with Crippen LogP contribution in [-0.4, -0.2) is 23.7 Å². The van der Waals surface area contributed by atoms with Crippen molar-refractivity contribution in [1.29, 1.82) is 0 Å². The Morgan fingerprint density at radius 3 is 2.61 bits per heavy atom. The van der Waals surface area contributed by atoms with Gasteiger partial charge in [-0.2, -0.15) is 0 Å². The van der Waals surface area contributed by atoms with Crippen LogP contribution in [0.5, 0.6) is 0 Å². The van der Waals surface area contributed by atoms with E-state index < -0.39 is 6.10 Å². The predicted molar refractivity (Wildman–Crippen MR) is 69.2 cm³/mol. The van der Waals surface area contributed by atoms with E-state index in [-0.39, 0.29) is 17.9 Å². The molecule has 1 heterocycles. The first kappa shape index (κ1) is 13.1. The van der Waals surface area contributed by atoms with E-state index in [1.54, 1.807) is 19.1 Å². The Morgan fingerprint density at radius 1 is 1.44 bits per heavy atom. The quantitative estimate of drug-likeness (QED) is 0.862. The molecule has 0 saturated carbocycles. The number of aliphatic hydroxyl groups is 1. The topological polar surface area (TPSA) is 58.6 Å². The lowest BCUT2D eigenvalue weighted by Crippen LogP contribution is -2.27. The molecule has 1 amide bonds. The highest BCUT2D eigenvalue weighted by Crippen LogP contribution is 2.23. The van der Waals surface area contributed by atoms with Gasteiger partial charge in [0.15, 0.2) is 0 Å². The molecule has 0 radical (unpaired) electrons. The van der Waals surface area contributed by atoms with Gasteiger partial charge in [0.2, 0.25) is 5.91 Å². The van der Waals surface area contributed by atoms with Gasteiger partial charge in [0.1, 0.15) is 0 Å². The Balaban J connectivity index is 1.98. The average Bonchev–Trinajstić information content (AvgIpc) is 2.76. The maximum absolute atomic E-state index is 12.0. The summed E-state index contributed by atoms with van der Waals surface area (Å²) in [6, 6.07) is 7.24. The van der Waals surface area contributed by atoms with Gasteiger partial charge < -0.3 is 15.2 Å². The molecule has 4 nitrogen and oxygen atoms in total. The number of carbonyl (C=O) groups excluding carboxylic acids is 1. The minimum absolute atomic E-state index is 0.00444. The number of aliphatic hydroxyl groups excluding tert-OH is 1. The monoisotopic (exact) mass is 249 g/mol. The van der Waals surface area contributed by atoms with E-state index in [0.29, 0.717) is 6.61 Å². The average molecular weight is 249 g/mol. The molecular formula is C14H19NO3. The number of ether oxygens (including phenoxy) is 1. The fourth-order valence-corrected chi connectivity index (χ4v) is 2.16. The Kier molecular flexibility index (Phi) is 3.99. The van der Waals surface area contributed by atoms with E-state index in [1.165, 1.54) is 0 Å². The number of hydrogen-bond donors (Lipinski definition) is 2. The molecular weight excluding hydrogens is 230 g/mol. The van der Waals surface area contributed by atoms with Crippen molar-refractivity contribution >= 4 is 11.6 Å². The highest BCUT2D eigenvalue weighted by molar-refractivity contribution is 5.93. The van der Waals surface area contributed by atoms with E-state index in [1.807, 2.05) is 19.1 Å². The molecule has 2 rings (SSSR count). The van der Waals surface area contributed by atoms with Crippen LogP contribution < -0.4 is 5.32 Å². The number of anilines is 1. The first-order valence-electron chi connectivity index (χ1n) is 6.28. The number of rotatable bonds is 3. The molecule has 1 fully saturated rings. The lowest BCUT2D eigenvalue weighted by Gasteiger charge is -2.14. The van der Waals surface area contributed by atoms with Crippen molar-refractivity contribution in [2.75, 3.05) is 11.9 Å². The van der Waals surface area contributed by atoms with Crippen LogP contribution in [0, 0.1) is 5.92 Å². The van der Waals surface area contributed by atoms with Crippen LogP contribution in [0.2, 0.25) is 0 Å². The third-order valence-electron chi connectivity index (χ3n) is 3.37. The lowest BCUT2D eigenvalue weighted by molar-refractivity contribution is -0.121. The summed E-state index contributed by atoms with van der Waals surface area (Å²) < 4.78 is 5.38. The normalized spacial score (nSPS) is 24.8. The Hall–Kier alpha value is -1.39. The molecule has 0 bridgehead atoms. The van der Waals surface area contributed by atoms with Crippen molar-refractivity contribution in [2.24, 2.45) is 5.92 Å².